The van der Waals surface area contributed by atoms with Gasteiger partial charge in [-0.05, 0) is 42.2 Å². The van der Waals surface area contributed by atoms with Crippen molar-refractivity contribution < 1.29 is 4.79 Å². The number of allylic oxidation sites excluding steroid dienone is 1. The molecular formula is C18H16O. The van der Waals surface area contributed by atoms with Crippen LogP contribution in [-0.2, 0) is 6.42 Å². The number of Topliss-reactive ketones (excluding diaryl/α,β-unsaturated/α-hetero) is 1. The van der Waals surface area contributed by atoms with Crippen molar-refractivity contribution in [3.63, 3.8) is 0 Å². The minimum absolute atomic E-state index is 0.173. The summed E-state index contributed by atoms with van der Waals surface area (Å²) in [5.41, 5.74) is 6.30. The summed E-state index contributed by atoms with van der Waals surface area (Å²) in [6.45, 7) is 4.01. The number of fused-ring (bicyclic) bond motifs is 1. The number of hydrogen-bond acceptors (Lipinski definition) is 1. The summed E-state index contributed by atoms with van der Waals surface area (Å²) in [7, 11) is 0. The third-order valence-corrected chi connectivity index (χ3v) is 3.77. The van der Waals surface area contributed by atoms with Crippen molar-refractivity contribution in [2.24, 2.45) is 0 Å². The first kappa shape index (κ1) is 11.9. The standard InChI is InChI=1S/C18H16O/c1-12-6-5-7-13(2)17(12)18(19)16-10-14-8-3-4-9-15(14)11-16/h3-10H,11H2,1-2H3. The summed E-state index contributed by atoms with van der Waals surface area (Å²) < 4.78 is 0. The first-order chi connectivity index (χ1) is 9.16. The molecule has 3 rings (SSSR count). The lowest BCUT2D eigenvalue weighted by molar-refractivity contribution is 0.103. The highest BCUT2D eigenvalue weighted by Gasteiger charge is 2.21. The fraction of sp³-hybridized carbons (Fsp3) is 0.167. The predicted molar refractivity (Wildman–Crippen MR) is 78.4 cm³/mol. The first-order valence-electron chi connectivity index (χ1n) is 6.56. The van der Waals surface area contributed by atoms with Gasteiger partial charge in [0.2, 0.25) is 0 Å². The van der Waals surface area contributed by atoms with Crippen LogP contribution in [0.4, 0.5) is 0 Å². The molecule has 0 unspecified atom stereocenters. The molecule has 1 nitrogen and oxygen atoms in total. The van der Waals surface area contributed by atoms with Crippen LogP contribution in [0, 0.1) is 13.8 Å². The summed E-state index contributed by atoms with van der Waals surface area (Å²) >= 11 is 0. The van der Waals surface area contributed by atoms with Gasteiger partial charge in [-0.25, -0.2) is 0 Å². The molecule has 0 atom stereocenters. The minimum atomic E-state index is 0.173. The van der Waals surface area contributed by atoms with Gasteiger partial charge in [-0.3, -0.25) is 4.79 Å². The molecule has 94 valence electrons. The van der Waals surface area contributed by atoms with Crippen LogP contribution < -0.4 is 0 Å². The zero-order valence-electron chi connectivity index (χ0n) is 11.2. The normalized spacial score (nSPS) is 13.1. The molecule has 0 saturated carbocycles. The molecule has 0 radical (unpaired) electrons. The van der Waals surface area contributed by atoms with E-state index >= 15 is 0 Å². The Morgan fingerprint density at radius 2 is 1.63 bits per heavy atom. The molecule has 2 aromatic carbocycles. The number of benzene rings is 2. The maximum absolute atomic E-state index is 12.7. The molecule has 0 bridgehead atoms. The van der Waals surface area contributed by atoms with E-state index in [1.165, 1.54) is 11.1 Å². The second-order valence-corrected chi connectivity index (χ2v) is 5.14. The molecule has 19 heavy (non-hydrogen) atoms. The maximum atomic E-state index is 12.7. The topological polar surface area (TPSA) is 17.1 Å². The van der Waals surface area contributed by atoms with E-state index in [0.717, 1.165) is 28.7 Å². The Hall–Kier alpha value is -2.15. The van der Waals surface area contributed by atoms with Gasteiger partial charge in [0.15, 0.2) is 5.78 Å². The molecule has 1 aliphatic rings. The number of carbonyl (C=O) groups excluding carboxylic acids is 1. The fourth-order valence-corrected chi connectivity index (χ4v) is 2.76. The zero-order valence-corrected chi connectivity index (χ0v) is 11.2. The van der Waals surface area contributed by atoms with Crippen LogP contribution in [0.2, 0.25) is 0 Å². The monoisotopic (exact) mass is 248 g/mol. The molecule has 0 fully saturated rings. The quantitative estimate of drug-likeness (QED) is 0.730. The minimum Gasteiger partial charge on any atom is -0.289 e. The van der Waals surface area contributed by atoms with E-state index in [-0.39, 0.29) is 5.78 Å². The van der Waals surface area contributed by atoms with E-state index < -0.39 is 0 Å². The van der Waals surface area contributed by atoms with Crippen molar-refractivity contribution in [3.8, 4) is 0 Å². The van der Waals surface area contributed by atoms with Gasteiger partial charge in [0, 0.05) is 17.6 Å². The number of hydrogen-bond donors (Lipinski definition) is 0. The molecule has 0 heterocycles. The van der Waals surface area contributed by atoms with Crippen LogP contribution in [0.1, 0.15) is 32.6 Å². The van der Waals surface area contributed by atoms with Gasteiger partial charge in [-0.2, -0.15) is 0 Å². The van der Waals surface area contributed by atoms with Crippen molar-refractivity contribution in [1.82, 2.24) is 0 Å². The van der Waals surface area contributed by atoms with Crippen molar-refractivity contribution in [1.29, 1.82) is 0 Å². The molecule has 0 spiro atoms. The van der Waals surface area contributed by atoms with Crippen LogP contribution in [-0.4, -0.2) is 5.78 Å². The molecular weight excluding hydrogens is 232 g/mol. The lowest BCUT2D eigenvalue weighted by atomic mass is 9.94. The highest BCUT2D eigenvalue weighted by molar-refractivity contribution is 6.14. The van der Waals surface area contributed by atoms with E-state index in [1.807, 2.05) is 50.3 Å². The van der Waals surface area contributed by atoms with E-state index in [1.54, 1.807) is 0 Å². The van der Waals surface area contributed by atoms with E-state index in [9.17, 15) is 4.79 Å². The van der Waals surface area contributed by atoms with Gasteiger partial charge in [0.25, 0.3) is 0 Å². The Bertz CT molecular complexity index is 672. The molecule has 0 aliphatic heterocycles. The third-order valence-electron chi connectivity index (χ3n) is 3.77. The van der Waals surface area contributed by atoms with Gasteiger partial charge in [-0.15, -0.1) is 0 Å². The maximum Gasteiger partial charge on any atom is 0.189 e. The Morgan fingerprint density at radius 1 is 0.947 bits per heavy atom. The number of ketones is 1. The summed E-state index contributed by atoms with van der Waals surface area (Å²) in [6, 6.07) is 14.2. The van der Waals surface area contributed by atoms with Gasteiger partial charge in [-0.1, -0.05) is 42.5 Å². The van der Waals surface area contributed by atoms with Crippen molar-refractivity contribution in [2.75, 3.05) is 0 Å². The molecule has 0 aromatic heterocycles. The Labute approximate surface area is 113 Å². The van der Waals surface area contributed by atoms with Gasteiger partial charge in [0.1, 0.15) is 0 Å². The number of aryl methyl sites for hydroxylation is 2. The van der Waals surface area contributed by atoms with Crippen LogP contribution in [0.3, 0.4) is 0 Å². The largest absolute Gasteiger partial charge is 0.289 e. The van der Waals surface area contributed by atoms with E-state index in [0.29, 0.717) is 0 Å². The Kier molecular flexibility index (Phi) is 2.83. The lowest BCUT2D eigenvalue weighted by Gasteiger charge is -2.09. The SMILES string of the molecule is Cc1cccc(C)c1C(=O)C1=Cc2ccccc2C1. The van der Waals surface area contributed by atoms with Crippen LogP contribution >= 0.6 is 0 Å². The highest BCUT2D eigenvalue weighted by Crippen LogP contribution is 2.28. The van der Waals surface area contributed by atoms with Crippen molar-refractivity contribution in [2.45, 2.75) is 20.3 Å². The summed E-state index contributed by atoms with van der Waals surface area (Å²) in [5.74, 6) is 0.173. The zero-order chi connectivity index (χ0) is 13.4. The summed E-state index contributed by atoms with van der Waals surface area (Å²) in [5, 5.41) is 0. The predicted octanol–water partition coefficient (Wildman–Crippen LogP) is 4.13. The average Bonchev–Trinajstić information content (AvgIpc) is 2.82. The fourth-order valence-electron chi connectivity index (χ4n) is 2.76. The first-order valence-corrected chi connectivity index (χ1v) is 6.56. The molecule has 1 heteroatoms. The third kappa shape index (κ3) is 2.01. The van der Waals surface area contributed by atoms with Crippen LogP contribution in [0.5, 0.6) is 0 Å². The average molecular weight is 248 g/mol. The van der Waals surface area contributed by atoms with Gasteiger partial charge < -0.3 is 0 Å². The molecule has 2 aromatic rings. The van der Waals surface area contributed by atoms with Crippen LogP contribution in [0.25, 0.3) is 6.08 Å². The summed E-state index contributed by atoms with van der Waals surface area (Å²) in [4.78, 5) is 12.7. The Morgan fingerprint density at radius 3 is 2.32 bits per heavy atom. The molecule has 1 aliphatic carbocycles. The number of rotatable bonds is 2. The number of carbonyl (C=O) groups is 1. The lowest BCUT2D eigenvalue weighted by Crippen LogP contribution is -2.07. The molecule has 0 saturated heterocycles. The highest BCUT2D eigenvalue weighted by atomic mass is 16.1. The van der Waals surface area contributed by atoms with E-state index in [2.05, 4.69) is 12.1 Å². The Balaban J connectivity index is 2.00. The second-order valence-electron chi connectivity index (χ2n) is 5.14. The van der Waals surface area contributed by atoms with Gasteiger partial charge >= 0.3 is 0 Å². The van der Waals surface area contributed by atoms with Gasteiger partial charge in [0.05, 0.1) is 0 Å². The molecule has 0 amide bonds. The van der Waals surface area contributed by atoms with Crippen molar-refractivity contribution >= 4 is 11.9 Å². The van der Waals surface area contributed by atoms with Crippen molar-refractivity contribution in [3.05, 3.63) is 75.9 Å². The van der Waals surface area contributed by atoms with E-state index in [4.69, 9.17) is 0 Å². The second kappa shape index (κ2) is 4.51. The smallest absolute Gasteiger partial charge is 0.189 e. The molecule has 0 N–H and O–H groups in total. The van der Waals surface area contributed by atoms with Crippen LogP contribution in [0.15, 0.2) is 48.0 Å². The summed E-state index contributed by atoms with van der Waals surface area (Å²) in [6.07, 6.45) is 2.78.